The Balaban J connectivity index is 2.72. The van der Waals surface area contributed by atoms with E-state index < -0.39 is 0 Å². The molecule has 0 fully saturated rings. The summed E-state index contributed by atoms with van der Waals surface area (Å²) in [6, 6.07) is 6.01. The number of nitrogens with one attached hydrogen (secondary N) is 1. The lowest BCUT2D eigenvalue weighted by molar-refractivity contribution is 0.288. The minimum absolute atomic E-state index is 0.648. The molecule has 0 saturated heterocycles. The van der Waals surface area contributed by atoms with Gasteiger partial charge in [-0.15, -0.1) is 0 Å². The van der Waals surface area contributed by atoms with Gasteiger partial charge in [0.05, 0.1) is 13.2 Å². The minimum Gasteiger partial charge on any atom is -0.490 e. The molecule has 102 valence electrons. The van der Waals surface area contributed by atoms with Gasteiger partial charge < -0.3 is 14.8 Å². The van der Waals surface area contributed by atoms with Gasteiger partial charge in [0.2, 0.25) is 0 Å². The Kier molecular flexibility index (Phi) is 6.40. The van der Waals surface area contributed by atoms with Crippen LogP contribution >= 0.6 is 0 Å². The number of benzene rings is 1. The Morgan fingerprint density at radius 2 is 1.72 bits per heavy atom. The van der Waals surface area contributed by atoms with Gasteiger partial charge in [-0.2, -0.15) is 0 Å². The fourth-order valence-electron chi connectivity index (χ4n) is 1.60. The predicted molar refractivity (Wildman–Crippen MR) is 76.7 cm³/mol. The van der Waals surface area contributed by atoms with Crippen molar-refractivity contribution in [3.8, 4) is 11.5 Å². The van der Waals surface area contributed by atoms with Gasteiger partial charge in [-0.3, -0.25) is 0 Å². The van der Waals surface area contributed by atoms with Gasteiger partial charge in [0.25, 0.3) is 0 Å². The molecule has 0 aliphatic rings. The van der Waals surface area contributed by atoms with E-state index in [1.54, 1.807) is 0 Å². The summed E-state index contributed by atoms with van der Waals surface area (Å²) in [7, 11) is 0. The van der Waals surface area contributed by atoms with E-state index in [0.29, 0.717) is 19.1 Å². The number of rotatable bonds is 8. The Labute approximate surface area is 110 Å². The summed E-state index contributed by atoms with van der Waals surface area (Å²) in [5, 5.41) is 3.43. The van der Waals surface area contributed by atoms with Crippen molar-refractivity contribution in [2.75, 3.05) is 25.1 Å². The van der Waals surface area contributed by atoms with Crippen LogP contribution < -0.4 is 14.8 Å². The average molecular weight is 251 g/mol. The quantitative estimate of drug-likeness (QED) is 0.759. The molecule has 1 unspecified atom stereocenters. The zero-order chi connectivity index (χ0) is 13.4. The number of hydrogen-bond acceptors (Lipinski definition) is 3. The van der Waals surface area contributed by atoms with Crippen LogP contribution in [0.15, 0.2) is 18.2 Å². The molecule has 0 aliphatic carbocycles. The highest BCUT2D eigenvalue weighted by atomic mass is 16.5. The zero-order valence-electron chi connectivity index (χ0n) is 12.0. The van der Waals surface area contributed by atoms with Crippen LogP contribution in [0.1, 0.15) is 34.1 Å². The van der Waals surface area contributed by atoms with E-state index in [2.05, 4.69) is 19.2 Å². The third-order valence-electron chi connectivity index (χ3n) is 2.89. The van der Waals surface area contributed by atoms with Crippen molar-refractivity contribution in [1.82, 2.24) is 0 Å². The molecule has 1 N–H and O–H groups in total. The van der Waals surface area contributed by atoms with E-state index >= 15 is 0 Å². The van der Waals surface area contributed by atoms with Crippen molar-refractivity contribution in [3.63, 3.8) is 0 Å². The first-order chi connectivity index (χ1) is 8.71. The molecule has 1 atom stereocenters. The van der Waals surface area contributed by atoms with Gasteiger partial charge in [0.15, 0.2) is 11.5 Å². The summed E-state index contributed by atoms with van der Waals surface area (Å²) in [6.07, 6.45) is 1.18. The molecule has 3 heteroatoms. The highest BCUT2D eigenvalue weighted by Gasteiger charge is 2.06. The van der Waals surface area contributed by atoms with E-state index in [0.717, 1.165) is 23.7 Å². The van der Waals surface area contributed by atoms with Crippen molar-refractivity contribution >= 4 is 5.69 Å². The molecular weight excluding hydrogens is 226 g/mol. The van der Waals surface area contributed by atoms with Crippen LogP contribution in [0.5, 0.6) is 11.5 Å². The topological polar surface area (TPSA) is 30.5 Å². The first-order valence-electron chi connectivity index (χ1n) is 6.84. The molecule has 0 radical (unpaired) electrons. The molecule has 0 saturated carbocycles. The van der Waals surface area contributed by atoms with Crippen molar-refractivity contribution in [1.29, 1.82) is 0 Å². The molecule has 0 heterocycles. The normalized spacial score (nSPS) is 12.0. The van der Waals surface area contributed by atoms with Gasteiger partial charge >= 0.3 is 0 Å². The molecule has 1 aromatic rings. The van der Waals surface area contributed by atoms with Crippen molar-refractivity contribution in [2.24, 2.45) is 5.92 Å². The van der Waals surface area contributed by atoms with E-state index in [9.17, 15) is 0 Å². The van der Waals surface area contributed by atoms with Crippen LogP contribution in [0.3, 0.4) is 0 Å². The number of hydrogen-bond donors (Lipinski definition) is 1. The van der Waals surface area contributed by atoms with Crippen LogP contribution in [0.25, 0.3) is 0 Å². The highest BCUT2D eigenvalue weighted by Crippen LogP contribution is 2.30. The van der Waals surface area contributed by atoms with E-state index in [1.165, 1.54) is 6.42 Å². The SMILES string of the molecule is CCOc1ccc(NCC(C)CC)cc1OCC. The Morgan fingerprint density at radius 1 is 1.06 bits per heavy atom. The smallest absolute Gasteiger partial charge is 0.163 e. The molecule has 1 rings (SSSR count). The Hall–Kier alpha value is -1.38. The standard InChI is InChI=1S/C15H25NO2/c1-5-12(4)11-16-13-8-9-14(17-6-2)15(10-13)18-7-3/h8-10,12,16H,5-7,11H2,1-4H3. The lowest BCUT2D eigenvalue weighted by Crippen LogP contribution is -2.10. The van der Waals surface area contributed by atoms with Gasteiger partial charge in [-0.25, -0.2) is 0 Å². The molecule has 18 heavy (non-hydrogen) atoms. The van der Waals surface area contributed by atoms with E-state index in [1.807, 2.05) is 32.0 Å². The second-order valence-electron chi connectivity index (χ2n) is 4.42. The number of ether oxygens (including phenoxy) is 2. The molecule has 3 nitrogen and oxygen atoms in total. The van der Waals surface area contributed by atoms with Crippen LogP contribution in [-0.4, -0.2) is 19.8 Å². The third-order valence-corrected chi connectivity index (χ3v) is 2.89. The van der Waals surface area contributed by atoms with E-state index in [-0.39, 0.29) is 0 Å². The summed E-state index contributed by atoms with van der Waals surface area (Å²) in [5.41, 5.74) is 1.09. The highest BCUT2D eigenvalue weighted by molar-refractivity contribution is 5.54. The third kappa shape index (κ3) is 4.47. The largest absolute Gasteiger partial charge is 0.490 e. The lowest BCUT2D eigenvalue weighted by Gasteiger charge is -2.15. The molecule has 0 spiro atoms. The van der Waals surface area contributed by atoms with Crippen LogP contribution in [-0.2, 0) is 0 Å². The fraction of sp³-hybridized carbons (Fsp3) is 0.600. The van der Waals surface area contributed by atoms with Crippen LogP contribution in [0.2, 0.25) is 0 Å². The fourth-order valence-corrected chi connectivity index (χ4v) is 1.60. The first-order valence-corrected chi connectivity index (χ1v) is 6.84. The maximum absolute atomic E-state index is 5.60. The minimum atomic E-state index is 0.648. The van der Waals surface area contributed by atoms with Crippen molar-refractivity contribution in [2.45, 2.75) is 34.1 Å². The van der Waals surface area contributed by atoms with Gasteiger partial charge in [-0.1, -0.05) is 20.3 Å². The van der Waals surface area contributed by atoms with Gasteiger partial charge in [0, 0.05) is 18.3 Å². The van der Waals surface area contributed by atoms with Crippen LogP contribution in [0.4, 0.5) is 5.69 Å². The second kappa shape index (κ2) is 7.85. The maximum Gasteiger partial charge on any atom is 0.163 e. The molecule has 0 bridgehead atoms. The Morgan fingerprint density at radius 3 is 2.33 bits per heavy atom. The second-order valence-corrected chi connectivity index (χ2v) is 4.42. The van der Waals surface area contributed by atoms with Crippen molar-refractivity contribution < 1.29 is 9.47 Å². The van der Waals surface area contributed by atoms with Gasteiger partial charge in [0.1, 0.15) is 0 Å². The predicted octanol–water partition coefficient (Wildman–Crippen LogP) is 3.94. The molecule has 1 aromatic carbocycles. The van der Waals surface area contributed by atoms with Gasteiger partial charge in [-0.05, 0) is 31.9 Å². The lowest BCUT2D eigenvalue weighted by atomic mass is 10.1. The summed E-state index contributed by atoms with van der Waals surface area (Å²) in [4.78, 5) is 0. The molecular formula is C15H25NO2. The number of anilines is 1. The molecule has 0 aliphatic heterocycles. The first kappa shape index (κ1) is 14.7. The molecule has 0 aromatic heterocycles. The maximum atomic E-state index is 5.60. The summed E-state index contributed by atoms with van der Waals surface area (Å²) in [5.74, 6) is 2.30. The monoisotopic (exact) mass is 251 g/mol. The molecule has 0 amide bonds. The zero-order valence-corrected chi connectivity index (χ0v) is 12.0. The summed E-state index contributed by atoms with van der Waals surface area (Å²) < 4.78 is 11.1. The van der Waals surface area contributed by atoms with Crippen molar-refractivity contribution in [3.05, 3.63) is 18.2 Å². The Bertz CT molecular complexity index is 352. The summed E-state index contributed by atoms with van der Waals surface area (Å²) in [6.45, 7) is 10.7. The average Bonchev–Trinajstić information content (AvgIpc) is 2.39. The van der Waals surface area contributed by atoms with E-state index in [4.69, 9.17) is 9.47 Å². The van der Waals surface area contributed by atoms with Crippen LogP contribution in [0, 0.1) is 5.92 Å². The summed E-state index contributed by atoms with van der Waals surface area (Å²) >= 11 is 0.